The van der Waals surface area contributed by atoms with Crippen LogP contribution in [-0.2, 0) is 7.05 Å². The highest BCUT2D eigenvalue weighted by Crippen LogP contribution is 2.37. The van der Waals surface area contributed by atoms with Crippen LogP contribution in [0.5, 0.6) is 0 Å². The van der Waals surface area contributed by atoms with Crippen LogP contribution in [0.2, 0.25) is 0 Å². The number of carbonyl (C=O) groups excluding carboxylic acids is 1. The first-order valence-electron chi connectivity index (χ1n) is 14.8. The molecule has 2 aliphatic rings. The van der Waals surface area contributed by atoms with Gasteiger partial charge in [0.15, 0.2) is 5.65 Å². The summed E-state index contributed by atoms with van der Waals surface area (Å²) in [6, 6.07) is 18.6. The van der Waals surface area contributed by atoms with Crippen molar-refractivity contribution in [3.05, 3.63) is 66.6 Å². The minimum atomic E-state index is -0.152. The molecule has 2 aromatic carbocycles. The number of nitrogens with two attached hydrogens (primary N) is 1. The van der Waals surface area contributed by atoms with Gasteiger partial charge in [-0.05, 0) is 57.0 Å². The zero-order valence-electron chi connectivity index (χ0n) is 24.2. The van der Waals surface area contributed by atoms with Crippen LogP contribution in [-0.4, -0.2) is 79.3 Å². The fourth-order valence-electron chi connectivity index (χ4n) is 6.72. The van der Waals surface area contributed by atoms with Crippen LogP contribution in [0.25, 0.3) is 33.2 Å². The Morgan fingerprint density at radius 1 is 0.905 bits per heavy atom. The summed E-state index contributed by atoms with van der Waals surface area (Å²) >= 11 is 0. The summed E-state index contributed by atoms with van der Waals surface area (Å²) in [5.41, 5.74) is 11.2. The van der Waals surface area contributed by atoms with Crippen LogP contribution < -0.4 is 11.1 Å². The van der Waals surface area contributed by atoms with Crippen LogP contribution in [0.4, 0.5) is 11.5 Å². The average molecular weight is 564 g/mol. The minimum Gasteiger partial charge on any atom is -0.383 e. The zero-order valence-corrected chi connectivity index (χ0v) is 24.2. The second-order valence-corrected chi connectivity index (χ2v) is 11.7. The van der Waals surface area contributed by atoms with Crippen molar-refractivity contribution >= 4 is 39.3 Å². The molecule has 0 atom stereocenters. The van der Waals surface area contributed by atoms with E-state index in [9.17, 15) is 4.79 Å². The van der Waals surface area contributed by atoms with Gasteiger partial charge in [-0.1, -0.05) is 30.3 Å². The number of nitrogens with one attached hydrogen (secondary N) is 1. The highest BCUT2D eigenvalue weighted by atomic mass is 16.1. The summed E-state index contributed by atoms with van der Waals surface area (Å²) in [5, 5.41) is 9.95. The maximum absolute atomic E-state index is 13.1. The van der Waals surface area contributed by atoms with Crippen LogP contribution in [0.15, 0.2) is 60.9 Å². The number of anilines is 2. The van der Waals surface area contributed by atoms with Crippen molar-refractivity contribution in [2.75, 3.05) is 44.3 Å². The maximum Gasteiger partial charge on any atom is 0.272 e. The van der Waals surface area contributed by atoms with Crippen LogP contribution >= 0.6 is 0 Å². The third kappa shape index (κ3) is 4.80. The standard InChI is InChI=1S/C32H37N9O/c1-38-15-17-40(18-16-38)24-11-13-25(14-12-24)41-31-28(30(33)34-20-35-31)29(37-41)21-7-9-23(10-8-21)36-32(42)27-19-22-5-3-4-6-26(22)39(27)2/h3-10,19-20,24-25H,11-18H2,1-2H3,(H,36,42)(H2,33,34,35)/t24-,25+. The van der Waals surface area contributed by atoms with Crippen molar-refractivity contribution in [1.82, 2.24) is 34.1 Å². The maximum atomic E-state index is 13.1. The van der Waals surface area contributed by atoms with Crippen molar-refractivity contribution in [1.29, 1.82) is 0 Å². The molecule has 3 N–H and O–H groups in total. The van der Waals surface area contributed by atoms with Gasteiger partial charge in [0.1, 0.15) is 23.5 Å². The van der Waals surface area contributed by atoms with Gasteiger partial charge in [-0.2, -0.15) is 5.10 Å². The Hall–Kier alpha value is -4.28. The third-order valence-electron chi connectivity index (χ3n) is 9.19. The summed E-state index contributed by atoms with van der Waals surface area (Å²) in [4.78, 5) is 27.1. The number of nitrogen functional groups attached to an aromatic ring is 1. The highest BCUT2D eigenvalue weighted by molar-refractivity contribution is 6.06. The summed E-state index contributed by atoms with van der Waals surface area (Å²) < 4.78 is 4.00. The van der Waals surface area contributed by atoms with Crippen molar-refractivity contribution in [3.63, 3.8) is 0 Å². The van der Waals surface area contributed by atoms with E-state index in [-0.39, 0.29) is 11.9 Å². The van der Waals surface area contributed by atoms with E-state index in [4.69, 9.17) is 10.8 Å². The molecule has 3 aromatic heterocycles. The molecule has 1 saturated carbocycles. The van der Waals surface area contributed by atoms with Gasteiger partial charge in [0.25, 0.3) is 5.91 Å². The van der Waals surface area contributed by atoms with Crippen LogP contribution in [0.3, 0.4) is 0 Å². The molecule has 10 heteroatoms. The summed E-state index contributed by atoms with van der Waals surface area (Å²) in [6.07, 6.45) is 5.99. The number of benzene rings is 2. The first-order chi connectivity index (χ1) is 20.5. The fourth-order valence-corrected chi connectivity index (χ4v) is 6.72. The third-order valence-corrected chi connectivity index (χ3v) is 9.19. The van der Waals surface area contributed by atoms with Crippen LogP contribution in [0, 0.1) is 0 Å². The number of fused-ring (bicyclic) bond motifs is 2. The smallest absolute Gasteiger partial charge is 0.272 e. The Labute approximate surface area is 245 Å². The number of carbonyl (C=O) groups is 1. The van der Waals surface area contributed by atoms with E-state index in [0.717, 1.165) is 85.1 Å². The molecule has 1 amide bonds. The molecule has 216 valence electrons. The molecule has 5 aromatic rings. The lowest BCUT2D eigenvalue weighted by Gasteiger charge is -2.41. The number of nitrogens with zero attached hydrogens (tertiary/aromatic N) is 7. The number of aromatic nitrogens is 5. The number of piperazine rings is 1. The summed E-state index contributed by atoms with van der Waals surface area (Å²) in [5.74, 6) is 0.279. The second-order valence-electron chi connectivity index (χ2n) is 11.7. The SMILES string of the molecule is CN1CCN([C@H]2CC[C@@H](n3nc(-c4ccc(NC(=O)c5cc6ccccc6n5C)cc4)c4c(N)ncnc43)CC2)CC1. The Kier molecular flexibility index (Phi) is 6.87. The quantitative estimate of drug-likeness (QED) is 0.323. The Morgan fingerprint density at radius 2 is 1.62 bits per heavy atom. The fraction of sp³-hybridized carbons (Fsp3) is 0.375. The first-order valence-corrected chi connectivity index (χ1v) is 14.8. The molecule has 1 saturated heterocycles. The van der Waals surface area contributed by atoms with Gasteiger partial charge in [-0.3, -0.25) is 9.69 Å². The number of likely N-dealkylation sites (N-methyl/N-ethyl adjacent to an activating group) is 1. The molecular weight excluding hydrogens is 526 g/mol. The van der Waals surface area contributed by atoms with E-state index in [1.807, 2.05) is 66.2 Å². The molecule has 1 aliphatic carbocycles. The molecule has 0 radical (unpaired) electrons. The monoisotopic (exact) mass is 563 g/mol. The Bertz CT molecular complexity index is 1740. The van der Waals surface area contributed by atoms with E-state index in [1.165, 1.54) is 6.33 Å². The molecule has 0 spiro atoms. The number of para-hydroxylation sites is 1. The minimum absolute atomic E-state index is 0.152. The summed E-state index contributed by atoms with van der Waals surface area (Å²) in [7, 11) is 4.12. The van der Waals surface area contributed by atoms with Gasteiger partial charge < -0.3 is 20.5 Å². The second kappa shape index (κ2) is 10.8. The van der Waals surface area contributed by atoms with E-state index < -0.39 is 0 Å². The zero-order chi connectivity index (χ0) is 28.8. The van der Waals surface area contributed by atoms with Crippen molar-refractivity contribution in [2.45, 2.75) is 37.8 Å². The molecule has 1 aliphatic heterocycles. The van der Waals surface area contributed by atoms with Gasteiger partial charge in [0.2, 0.25) is 0 Å². The number of amides is 1. The molecule has 4 heterocycles. The van der Waals surface area contributed by atoms with Crippen molar-refractivity contribution in [2.24, 2.45) is 7.05 Å². The lowest BCUT2D eigenvalue weighted by molar-refractivity contribution is 0.0815. The number of hydrogen-bond acceptors (Lipinski definition) is 7. The molecule has 42 heavy (non-hydrogen) atoms. The summed E-state index contributed by atoms with van der Waals surface area (Å²) in [6.45, 7) is 4.61. The van der Waals surface area contributed by atoms with Gasteiger partial charge in [-0.25, -0.2) is 14.6 Å². The number of aryl methyl sites for hydroxylation is 1. The largest absolute Gasteiger partial charge is 0.383 e. The van der Waals surface area contributed by atoms with Crippen molar-refractivity contribution < 1.29 is 4.79 Å². The molecule has 2 fully saturated rings. The topological polar surface area (TPSA) is 110 Å². The van der Waals surface area contributed by atoms with E-state index >= 15 is 0 Å². The lowest BCUT2D eigenvalue weighted by Crippen LogP contribution is -2.49. The molecule has 7 rings (SSSR count). The van der Waals surface area contributed by atoms with Gasteiger partial charge in [0, 0.05) is 61.4 Å². The van der Waals surface area contributed by atoms with E-state index in [1.54, 1.807) is 0 Å². The highest BCUT2D eigenvalue weighted by Gasteiger charge is 2.30. The van der Waals surface area contributed by atoms with E-state index in [2.05, 4.69) is 36.8 Å². The van der Waals surface area contributed by atoms with Crippen molar-refractivity contribution in [3.8, 4) is 11.3 Å². The lowest BCUT2D eigenvalue weighted by atomic mass is 9.90. The Balaban J connectivity index is 1.11. The van der Waals surface area contributed by atoms with Gasteiger partial charge in [-0.15, -0.1) is 0 Å². The molecule has 0 unspecified atom stereocenters. The first kappa shape index (κ1) is 26.6. The molecule has 10 nitrogen and oxygen atoms in total. The molecular formula is C32H37N9O. The predicted octanol–water partition coefficient (Wildman–Crippen LogP) is 4.55. The van der Waals surface area contributed by atoms with Gasteiger partial charge in [0.05, 0.1) is 11.4 Å². The molecule has 0 bridgehead atoms. The number of rotatable bonds is 5. The predicted molar refractivity (Wildman–Crippen MR) is 166 cm³/mol. The average Bonchev–Trinajstić information content (AvgIpc) is 3.57. The van der Waals surface area contributed by atoms with Gasteiger partial charge >= 0.3 is 0 Å². The van der Waals surface area contributed by atoms with Crippen LogP contribution in [0.1, 0.15) is 42.2 Å². The van der Waals surface area contributed by atoms with E-state index in [0.29, 0.717) is 23.2 Å². The normalized spacial score (nSPS) is 20.3. The Morgan fingerprint density at radius 3 is 2.36 bits per heavy atom. The number of hydrogen-bond donors (Lipinski definition) is 2.